The number of hydrogen-bond donors (Lipinski definition) is 1. The first-order valence-corrected chi connectivity index (χ1v) is 10.3. The number of furan rings is 1. The zero-order chi connectivity index (χ0) is 20.9. The zero-order valence-electron chi connectivity index (χ0n) is 17.3. The van der Waals surface area contributed by atoms with E-state index < -0.39 is 0 Å². The van der Waals surface area contributed by atoms with Crippen LogP contribution in [0, 0.1) is 0 Å². The van der Waals surface area contributed by atoms with Crippen LogP contribution in [-0.4, -0.2) is 24.0 Å². The lowest BCUT2D eigenvalue weighted by atomic mass is 10.0. The van der Waals surface area contributed by atoms with Crippen LogP contribution in [-0.2, 0) is 6.54 Å². The summed E-state index contributed by atoms with van der Waals surface area (Å²) in [7, 11) is 0. The molecular weight excluding hydrogens is 380 g/mol. The third-order valence-corrected chi connectivity index (χ3v) is 4.97. The van der Waals surface area contributed by atoms with Crippen molar-refractivity contribution in [2.75, 3.05) is 18.5 Å². The molecule has 1 aliphatic heterocycles. The van der Waals surface area contributed by atoms with Crippen LogP contribution in [0.2, 0.25) is 0 Å². The molecule has 3 aromatic rings. The van der Waals surface area contributed by atoms with Crippen molar-refractivity contribution in [1.82, 2.24) is 4.90 Å². The molecule has 6 heteroatoms. The Bertz CT molecular complexity index is 1000. The second-order valence-electron chi connectivity index (χ2n) is 7.09. The standard InChI is InChI=1S/C24H26N2O4/c1-3-13-30-21-12-11-17(15-22(21)28-4-2)23-25-20-10-6-5-9-19(20)24(27)26(23)16-18-8-7-14-29-18/h5-12,14-15,23,25H,3-4,13,16H2,1-2H3/t23-/m1/s1. The molecule has 0 spiro atoms. The van der Waals surface area contributed by atoms with Gasteiger partial charge in [-0.3, -0.25) is 4.79 Å². The number of amides is 1. The first kappa shape index (κ1) is 19.9. The number of ether oxygens (including phenoxy) is 2. The summed E-state index contributed by atoms with van der Waals surface area (Å²) < 4.78 is 17.2. The van der Waals surface area contributed by atoms with Gasteiger partial charge in [-0.15, -0.1) is 0 Å². The number of anilines is 1. The molecule has 0 unspecified atom stereocenters. The van der Waals surface area contributed by atoms with E-state index in [1.165, 1.54) is 0 Å². The highest BCUT2D eigenvalue weighted by molar-refractivity contribution is 6.01. The smallest absolute Gasteiger partial charge is 0.258 e. The van der Waals surface area contributed by atoms with E-state index in [2.05, 4.69) is 12.2 Å². The lowest BCUT2D eigenvalue weighted by molar-refractivity contribution is 0.0651. The van der Waals surface area contributed by atoms with Gasteiger partial charge in [0.05, 0.1) is 31.6 Å². The van der Waals surface area contributed by atoms with Gasteiger partial charge in [-0.1, -0.05) is 25.1 Å². The monoisotopic (exact) mass is 406 g/mol. The molecule has 0 saturated heterocycles. The number of fused-ring (bicyclic) bond motifs is 1. The maximum absolute atomic E-state index is 13.3. The summed E-state index contributed by atoms with van der Waals surface area (Å²) in [5.41, 5.74) is 2.37. The summed E-state index contributed by atoms with van der Waals surface area (Å²) in [6, 6.07) is 17.1. The van der Waals surface area contributed by atoms with Crippen LogP contribution < -0.4 is 14.8 Å². The third-order valence-electron chi connectivity index (χ3n) is 4.97. The van der Waals surface area contributed by atoms with Crippen molar-refractivity contribution in [1.29, 1.82) is 0 Å². The van der Waals surface area contributed by atoms with Crippen LogP contribution in [0.3, 0.4) is 0 Å². The van der Waals surface area contributed by atoms with Crippen molar-refractivity contribution in [3.63, 3.8) is 0 Å². The lowest BCUT2D eigenvalue weighted by Crippen LogP contribution is -2.42. The summed E-state index contributed by atoms with van der Waals surface area (Å²) in [5.74, 6) is 2.06. The van der Waals surface area contributed by atoms with Crippen molar-refractivity contribution in [2.45, 2.75) is 33.0 Å². The number of carbonyl (C=O) groups is 1. The molecule has 2 aromatic carbocycles. The van der Waals surface area contributed by atoms with E-state index in [0.717, 1.165) is 23.4 Å². The molecule has 156 valence electrons. The fraction of sp³-hybridized carbons (Fsp3) is 0.292. The van der Waals surface area contributed by atoms with Gasteiger partial charge in [0.2, 0.25) is 0 Å². The van der Waals surface area contributed by atoms with Gasteiger partial charge in [-0.2, -0.15) is 0 Å². The maximum Gasteiger partial charge on any atom is 0.258 e. The van der Waals surface area contributed by atoms with Crippen molar-refractivity contribution in [2.24, 2.45) is 0 Å². The van der Waals surface area contributed by atoms with E-state index in [1.54, 1.807) is 11.2 Å². The Morgan fingerprint density at radius 1 is 1.03 bits per heavy atom. The fourth-order valence-electron chi connectivity index (χ4n) is 3.58. The van der Waals surface area contributed by atoms with Gasteiger partial charge in [0.25, 0.3) is 5.91 Å². The van der Waals surface area contributed by atoms with Gasteiger partial charge in [-0.25, -0.2) is 0 Å². The van der Waals surface area contributed by atoms with Crippen LogP contribution in [0.4, 0.5) is 5.69 Å². The van der Waals surface area contributed by atoms with Gasteiger partial charge in [0.15, 0.2) is 11.5 Å². The molecule has 30 heavy (non-hydrogen) atoms. The number of hydrogen-bond acceptors (Lipinski definition) is 5. The average molecular weight is 406 g/mol. The summed E-state index contributed by atoms with van der Waals surface area (Å²) in [4.78, 5) is 15.1. The zero-order valence-corrected chi connectivity index (χ0v) is 17.3. The molecule has 0 radical (unpaired) electrons. The normalized spacial score (nSPS) is 15.5. The van der Waals surface area contributed by atoms with E-state index in [-0.39, 0.29) is 12.1 Å². The molecule has 2 heterocycles. The molecule has 1 atom stereocenters. The molecule has 1 N–H and O–H groups in total. The molecule has 4 rings (SSSR count). The number of para-hydroxylation sites is 1. The Balaban J connectivity index is 1.72. The van der Waals surface area contributed by atoms with Gasteiger partial charge in [0.1, 0.15) is 11.9 Å². The molecular formula is C24H26N2O4. The number of carbonyl (C=O) groups excluding carboxylic acids is 1. The summed E-state index contributed by atoms with van der Waals surface area (Å²) in [5, 5.41) is 3.51. The topological polar surface area (TPSA) is 63.9 Å². The first-order chi connectivity index (χ1) is 14.7. The highest BCUT2D eigenvalue weighted by Crippen LogP contribution is 2.37. The van der Waals surface area contributed by atoms with E-state index >= 15 is 0 Å². The van der Waals surface area contributed by atoms with E-state index in [9.17, 15) is 4.79 Å². The largest absolute Gasteiger partial charge is 0.490 e. The minimum absolute atomic E-state index is 0.0463. The van der Waals surface area contributed by atoms with Crippen LogP contribution in [0.5, 0.6) is 11.5 Å². The second-order valence-corrected chi connectivity index (χ2v) is 7.09. The Morgan fingerprint density at radius 2 is 1.90 bits per heavy atom. The van der Waals surface area contributed by atoms with Crippen molar-refractivity contribution in [3.8, 4) is 11.5 Å². The van der Waals surface area contributed by atoms with Crippen molar-refractivity contribution >= 4 is 11.6 Å². The van der Waals surface area contributed by atoms with E-state index in [0.29, 0.717) is 36.8 Å². The van der Waals surface area contributed by atoms with Crippen molar-refractivity contribution < 1.29 is 18.7 Å². The Kier molecular flexibility index (Phi) is 5.93. The highest BCUT2D eigenvalue weighted by Gasteiger charge is 2.33. The Labute approximate surface area is 176 Å². The lowest BCUT2D eigenvalue weighted by Gasteiger charge is -2.38. The van der Waals surface area contributed by atoms with Crippen molar-refractivity contribution in [3.05, 3.63) is 77.7 Å². The summed E-state index contributed by atoms with van der Waals surface area (Å²) in [6.07, 6.45) is 2.17. The minimum atomic E-state index is -0.364. The number of benzene rings is 2. The van der Waals surface area contributed by atoms with E-state index in [1.807, 2.05) is 61.5 Å². The number of rotatable bonds is 8. The van der Waals surface area contributed by atoms with Gasteiger partial charge < -0.3 is 24.1 Å². The van der Waals surface area contributed by atoms with Crippen LogP contribution in [0.15, 0.2) is 65.3 Å². The van der Waals surface area contributed by atoms with Crippen LogP contribution in [0.25, 0.3) is 0 Å². The van der Waals surface area contributed by atoms with Crippen LogP contribution >= 0.6 is 0 Å². The first-order valence-electron chi connectivity index (χ1n) is 10.3. The van der Waals surface area contributed by atoms with Crippen LogP contribution in [0.1, 0.15) is 48.1 Å². The number of nitrogens with zero attached hydrogens (tertiary/aromatic N) is 1. The molecule has 0 aliphatic carbocycles. The molecule has 1 aromatic heterocycles. The predicted molar refractivity (Wildman–Crippen MR) is 115 cm³/mol. The third kappa shape index (κ3) is 3.99. The van der Waals surface area contributed by atoms with Gasteiger partial charge in [-0.05, 0) is 55.3 Å². The molecule has 0 bridgehead atoms. The van der Waals surface area contributed by atoms with E-state index in [4.69, 9.17) is 13.9 Å². The molecule has 0 saturated carbocycles. The van der Waals surface area contributed by atoms with Gasteiger partial charge in [0, 0.05) is 5.69 Å². The molecule has 6 nitrogen and oxygen atoms in total. The molecule has 0 fully saturated rings. The number of nitrogens with one attached hydrogen (secondary N) is 1. The average Bonchev–Trinajstić information content (AvgIpc) is 3.28. The minimum Gasteiger partial charge on any atom is -0.490 e. The molecule has 1 aliphatic rings. The Morgan fingerprint density at radius 3 is 2.67 bits per heavy atom. The summed E-state index contributed by atoms with van der Waals surface area (Å²) in [6.45, 7) is 5.52. The maximum atomic E-state index is 13.3. The predicted octanol–water partition coefficient (Wildman–Crippen LogP) is 5.23. The molecule has 1 amide bonds. The Hall–Kier alpha value is -3.41. The SMILES string of the molecule is CCCOc1ccc([C@@H]2Nc3ccccc3C(=O)N2Cc2ccco2)cc1OCC. The highest BCUT2D eigenvalue weighted by atomic mass is 16.5. The summed E-state index contributed by atoms with van der Waals surface area (Å²) >= 11 is 0. The second kappa shape index (κ2) is 8.95. The van der Waals surface area contributed by atoms with Gasteiger partial charge >= 0.3 is 0 Å². The fourth-order valence-corrected chi connectivity index (χ4v) is 3.58. The quantitative estimate of drug-likeness (QED) is 0.555.